The van der Waals surface area contributed by atoms with Crippen molar-refractivity contribution in [1.82, 2.24) is 0 Å². The molecule has 1 saturated heterocycles. The molecule has 1 aromatic carbocycles. The summed E-state index contributed by atoms with van der Waals surface area (Å²) in [7, 11) is 0. The maximum absolute atomic E-state index is 12.7. The van der Waals surface area contributed by atoms with Crippen LogP contribution < -0.4 is 10.6 Å². The second-order valence-corrected chi connectivity index (χ2v) is 6.22. The molecule has 1 atom stereocenters. The first-order chi connectivity index (χ1) is 9.97. The number of alkyl halides is 3. The lowest BCUT2D eigenvalue weighted by molar-refractivity contribution is -0.137. The maximum atomic E-state index is 12.7. The molecule has 116 valence electrons. The molecule has 1 heterocycles. The molecule has 1 aliphatic heterocycles. The van der Waals surface area contributed by atoms with Crippen molar-refractivity contribution in [3.63, 3.8) is 0 Å². The number of rotatable bonds is 2. The van der Waals surface area contributed by atoms with Gasteiger partial charge in [-0.05, 0) is 49.8 Å². The van der Waals surface area contributed by atoms with Crippen LogP contribution in [0.1, 0.15) is 44.1 Å². The molecule has 2 nitrogen and oxygen atoms in total. The van der Waals surface area contributed by atoms with Crippen LogP contribution in [0.3, 0.4) is 0 Å². The number of nitrogen functional groups attached to an aromatic ring is 1. The Morgan fingerprint density at radius 3 is 2.38 bits per heavy atom. The molecule has 1 aromatic rings. The van der Waals surface area contributed by atoms with Gasteiger partial charge in [0.05, 0.1) is 16.9 Å². The van der Waals surface area contributed by atoms with Crippen molar-refractivity contribution in [1.29, 1.82) is 0 Å². The largest absolute Gasteiger partial charge is 0.416 e. The topological polar surface area (TPSA) is 29.3 Å². The monoisotopic (exact) mass is 298 g/mol. The summed E-state index contributed by atoms with van der Waals surface area (Å²) in [4.78, 5) is 2.24. The van der Waals surface area contributed by atoms with Crippen LogP contribution in [-0.2, 0) is 6.18 Å². The van der Waals surface area contributed by atoms with Gasteiger partial charge in [0.25, 0.3) is 0 Å². The minimum Gasteiger partial charge on any atom is -0.397 e. The second kappa shape index (κ2) is 5.43. The second-order valence-electron chi connectivity index (χ2n) is 6.22. The van der Waals surface area contributed by atoms with Crippen molar-refractivity contribution in [3.8, 4) is 0 Å². The summed E-state index contributed by atoms with van der Waals surface area (Å²) in [6.45, 7) is 0.900. The average Bonchev–Trinajstić information content (AvgIpc) is 3.08. The molecule has 1 saturated carbocycles. The molecule has 21 heavy (non-hydrogen) atoms. The van der Waals surface area contributed by atoms with E-state index in [9.17, 15) is 13.2 Å². The molecule has 2 N–H and O–H groups in total. The number of hydrogen-bond acceptors (Lipinski definition) is 2. The van der Waals surface area contributed by atoms with Crippen LogP contribution >= 0.6 is 0 Å². The van der Waals surface area contributed by atoms with Crippen molar-refractivity contribution in [2.24, 2.45) is 5.92 Å². The number of hydrogen-bond donors (Lipinski definition) is 1. The van der Waals surface area contributed by atoms with Gasteiger partial charge in [-0.15, -0.1) is 0 Å². The summed E-state index contributed by atoms with van der Waals surface area (Å²) in [5.41, 5.74) is 6.27. The highest BCUT2D eigenvalue weighted by atomic mass is 19.4. The predicted molar refractivity (Wildman–Crippen MR) is 78.2 cm³/mol. The molecule has 0 spiro atoms. The normalized spacial score (nSPS) is 24.0. The Morgan fingerprint density at radius 2 is 1.76 bits per heavy atom. The van der Waals surface area contributed by atoms with Gasteiger partial charge in [-0.3, -0.25) is 0 Å². The minimum atomic E-state index is -4.33. The van der Waals surface area contributed by atoms with Crippen LogP contribution in [0.25, 0.3) is 0 Å². The highest BCUT2D eigenvalue weighted by Gasteiger charge is 2.35. The van der Waals surface area contributed by atoms with Gasteiger partial charge in [0.1, 0.15) is 0 Å². The van der Waals surface area contributed by atoms with Crippen LogP contribution in [0, 0.1) is 5.92 Å². The van der Waals surface area contributed by atoms with E-state index < -0.39 is 11.7 Å². The third kappa shape index (κ3) is 2.83. The van der Waals surface area contributed by atoms with Crippen molar-refractivity contribution >= 4 is 11.4 Å². The zero-order chi connectivity index (χ0) is 15.0. The van der Waals surface area contributed by atoms with Gasteiger partial charge in [-0.25, -0.2) is 0 Å². The molecule has 0 radical (unpaired) electrons. The quantitative estimate of drug-likeness (QED) is 0.817. The Labute approximate surface area is 123 Å². The Bertz CT molecular complexity index is 507. The van der Waals surface area contributed by atoms with E-state index in [1.165, 1.54) is 25.7 Å². The average molecular weight is 298 g/mol. The predicted octanol–water partition coefficient (Wildman–Crippen LogP) is 4.45. The molecule has 1 aliphatic carbocycles. The SMILES string of the molecule is Nc1cc(C(F)(F)F)ccc1N1CCCC1C1CCCC1. The number of nitrogens with zero attached hydrogens (tertiary/aromatic N) is 1. The van der Waals surface area contributed by atoms with E-state index in [0.29, 0.717) is 12.0 Å². The fourth-order valence-electron chi connectivity index (χ4n) is 3.92. The lowest BCUT2D eigenvalue weighted by Gasteiger charge is -2.32. The van der Waals surface area contributed by atoms with E-state index >= 15 is 0 Å². The molecule has 0 amide bonds. The first kappa shape index (κ1) is 14.5. The van der Waals surface area contributed by atoms with E-state index in [-0.39, 0.29) is 5.69 Å². The smallest absolute Gasteiger partial charge is 0.397 e. The van der Waals surface area contributed by atoms with Crippen molar-refractivity contribution in [2.75, 3.05) is 17.2 Å². The molecule has 0 bridgehead atoms. The molecule has 0 aromatic heterocycles. The summed E-state index contributed by atoms with van der Waals surface area (Å²) >= 11 is 0. The van der Waals surface area contributed by atoms with E-state index in [1.807, 2.05) is 0 Å². The molecule has 2 fully saturated rings. The van der Waals surface area contributed by atoms with Crippen molar-refractivity contribution in [2.45, 2.75) is 50.7 Å². The third-order valence-corrected chi connectivity index (χ3v) is 4.91. The Morgan fingerprint density at radius 1 is 1.05 bits per heavy atom. The number of halogens is 3. The highest BCUT2D eigenvalue weighted by molar-refractivity contribution is 5.69. The van der Waals surface area contributed by atoms with E-state index in [0.717, 1.165) is 37.2 Å². The van der Waals surface area contributed by atoms with Crippen molar-refractivity contribution < 1.29 is 13.2 Å². The van der Waals surface area contributed by atoms with Crippen LogP contribution in [-0.4, -0.2) is 12.6 Å². The zero-order valence-corrected chi connectivity index (χ0v) is 12.0. The zero-order valence-electron chi connectivity index (χ0n) is 12.0. The fraction of sp³-hybridized carbons (Fsp3) is 0.625. The fourth-order valence-corrected chi connectivity index (χ4v) is 3.92. The van der Waals surface area contributed by atoms with Gasteiger partial charge in [-0.1, -0.05) is 12.8 Å². The molecular formula is C16H21F3N2. The van der Waals surface area contributed by atoms with Crippen molar-refractivity contribution in [3.05, 3.63) is 23.8 Å². The van der Waals surface area contributed by atoms with Crippen LogP contribution in [0.2, 0.25) is 0 Å². The molecule has 3 rings (SSSR count). The molecular weight excluding hydrogens is 277 g/mol. The van der Waals surface area contributed by atoms with E-state index in [2.05, 4.69) is 4.90 Å². The lowest BCUT2D eigenvalue weighted by atomic mass is 9.95. The van der Waals surface area contributed by atoms with E-state index in [1.54, 1.807) is 6.07 Å². The summed E-state index contributed by atoms with van der Waals surface area (Å²) in [5, 5.41) is 0. The number of anilines is 2. The number of benzene rings is 1. The Balaban J connectivity index is 1.85. The van der Waals surface area contributed by atoms with Gasteiger partial charge < -0.3 is 10.6 Å². The molecule has 2 aliphatic rings. The van der Waals surface area contributed by atoms with Gasteiger partial charge in [0, 0.05) is 12.6 Å². The minimum absolute atomic E-state index is 0.245. The molecule has 1 unspecified atom stereocenters. The van der Waals surface area contributed by atoms with Gasteiger partial charge in [0.15, 0.2) is 0 Å². The van der Waals surface area contributed by atoms with Gasteiger partial charge in [-0.2, -0.15) is 13.2 Å². The van der Waals surface area contributed by atoms with Crippen LogP contribution in [0.15, 0.2) is 18.2 Å². The number of nitrogens with two attached hydrogens (primary N) is 1. The Kier molecular flexibility index (Phi) is 3.76. The summed E-state index contributed by atoms with van der Waals surface area (Å²) in [6, 6.07) is 4.21. The first-order valence-corrected chi connectivity index (χ1v) is 7.70. The van der Waals surface area contributed by atoms with Crippen LogP contribution in [0.5, 0.6) is 0 Å². The Hall–Kier alpha value is -1.39. The summed E-state index contributed by atoms with van der Waals surface area (Å²) in [5.74, 6) is 0.675. The standard InChI is InChI=1S/C16H21F3N2/c17-16(18,19)12-7-8-15(13(20)10-12)21-9-3-6-14(21)11-4-1-2-5-11/h7-8,10-11,14H,1-6,9,20H2. The first-order valence-electron chi connectivity index (χ1n) is 7.70. The van der Waals surface area contributed by atoms with Gasteiger partial charge in [0.2, 0.25) is 0 Å². The maximum Gasteiger partial charge on any atom is 0.416 e. The summed E-state index contributed by atoms with van der Waals surface area (Å²) < 4.78 is 38.2. The lowest BCUT2D eigenvalue weighted by Crippen LogP contribution is -2.35. The third-order valence-electron chi connectivity index (χ3n) is 4.91. The van der Waals surface area contributed by atoms with E-state index in [4.69, 9.17) is 5.73 Å². The van der Waals surface area contributed by atoms with Crippen LogP contribution in [0.4, 0.5) is 24.5 Å². The van der Waals surface area contributed by atoms with Gasteiger partial charge >= 0.3 is 6.18 Å². The molecule has 5 heteroatoms. The highest BCUT2D eigenvalue weighted by Crippen LogP contribution is 2.41. The summed E-state index contributed by atoms with van der Waals surface area (Å²) in [6.07, 6.45) is 2.92.